The molecule has 1 unspecified atom stereocenters. The lowest BCUT2D eigenvalue weighted by Crippen LogP contribution is -2.37. The molecule has 2 aromatic rings. The molecule has 3 rings (SSSR count). The van der Waals surface area contributed by atoms with E-state index >= 15 is 0 Å². The largest absolute Gasteiger partial charge is 0.398 e. The fraction of sp³-hybridized carbons (Fsp3) is 0.429. The fourth-order valence-electron chi connectivity index (χ4n) is 3.71. The van der Waals surface area contributed by atoms with Crippen molar-refractivity contribution in [2.24, 2.45) is 0 Å². The van der Waals surface area contributed by atoms with Crippen LogP contribution < -0.4 is 5.73 Å². The third-order valence-corrected chi connectivity index (χ3v) is 5.18. The van der Waals surface area contributed by atoms with Crippen LogP contribution in [0.2, 0.25) is 0 Å². The lowest BCUT2D eigenvalue weighted by Gasteiger charge is -2.33. The molecule has 0 amide bonds. The van der Waals surface area contributed by atoms with Crippen LogP contribution in [0, 0.1) is 0 Å². The van der Waals surface area contributed by atoms with Crippen molar-refractivity contribution < 1.29 is 0 Å². The molecular formula is C21H28N2. The third kappa shape index (κ3) is 4.14. The number of aryl methyl sites for hydroxylation is 1. The van der Waals surface area contributed by atoms with E-state index in [0.717, 1.165) is 18.5 Å². The van der Waals surface area contributed by atoms with E-state index in [1.807, 2.05) is 6.07 Å². The molecule has 0 bridgehead atoms. The van der Waals surface area contributed by atoms with E-state index in [-0.39, 0.29) is 0 Å². The third-order valence-electron chi connectivity index (χ3n) is 5.18. The maximum atomic E-state index is 6.10. The summed E-state index contributed by atoms with van der Waals surface area (Å²) in [6, 6.07) is 17.9. The number of nitrogens with zero attached hydrogens (tertiary/aromatic N) is 1. The maximum Gasteiger partial charge on any atom is 0.0349 e. The second-order valence-electron chi connectivity index (χ2n) is 6.80. The zero-order chi connectivity index (χ0) is 16.1. The summed E-state index contributed by atoms with van der Waals surface area (Å²) in [6.45, 7) is 1.19. The lowest BCUT2D eigenvalue weighted by molar-refractivity contribution is 0.218. The molecule has 2 heteroatoms. The molecule has 0 radical (unpaired) electrons. The molecular weight excluding hydrogens is 280 g/mol. The van der Waals surface area contributed by atoms with Gasteiger partial charge >= 0.3 is 0 Å². The fourth-order valence-corrected chi connectivity index (χ4v) is 3.71. The molecule has 2 nitrogen and oxygen atoms in total. The van der Waals surface area contributed by atoms with Crippen molar-refractivity contribution in [2.75, 3.05) is 19.3 Å². The quantitative estimate of drug-likeness (QED) is 0.643. The minimum absolute atomic E-state index is 0.668. The van der Waals surface area contributed by atoms with Gasteiger partial charge in [0.15, 0.2) is 0 Å². The van der Waals surface area contributed by atoms with Gasteiger partial charge in [-0.05, 0) is 74.9 Å². The molecule has 1 atom stereocenters. The predicted octanol–water partition coefficient (Wildman–Crippen LogP) is 4.08. The van der Waals surface area contributed by atoms with Crippen molar-refractivity contribution in [2.45, 2.75) is 44.6 Å². The second kappa shape index (κ2) is 7.65. The number of unbranched alkanes of at least 4 members (excludes halogenated alkanes) is 1. The van der Waals surface area contributed by atoms with Crippen LogP contribution in [0.15, 0.2) is 48.5 Å². The predicted molar refractivity (Wildman–Crippen MR) is 98.7 cm³/mol. The van der Waals surface area contributed by atoms with Crippen LogP contribution in [0.25, 0.3) is 0 Å². The number of likely N-dealkylation sites (N-methyl/N-ethyl adjacent to an activating group) is 1. The average molecular weight is 308 g/mol. The van der Waals surface area contributed by atoms with Crippen LogP contribution in [-0.4, -0.2) is 24.5 Å². The van der Waals surface area contributed by atoms with Crippen molar-refractivity contribution in [1.82, 2.24) is 4.90 Å². The average Bonchev–Trinajstić information content (AvgIpc) is 2.59. The Kier molecular flexibility index (Phi) is 5.35. The Morgan fingerprint density at radius 3 is 2.70 bits per heavy atom. The molecule has 2 N–H and O–H groups in total. The maximum absolute atomic E-state index is 6.10. The van der Waals surface area contributed by atoms with Crippen molar-refractivity contribution in [1.29, 1.82) is 0 Å². The molecule has 0 aliphatic heterocycles. The van der Waals surface area contributed by atoms with Crippen molar-refractivity contribution in [3.05, 3.63) is 65.2 Å². The topological polar surface area (TPSA) is 29.3 Å². The summed E-state index contributed by atoms with van der Waals surface area (Å²) in [5.41, 5.74) is 11.4. The lowest BCUT2D eigenvalue weighted by atomic mass is 9.86. The Hall–Kier alpha value is -1.80. The van der Waals surface area contributed by atoms with Crippen molar-refractivity contribution in [3.8, 4) is 0 Å². The van der Waals surface area contributed by atoms with E-state index < -0.39 is 0 Å². The summed E-state index contributed by atoms with van der Waals surface area (Å²) in [4.78, 5) is 2.55. The molecule has 1 aliphatic rings. The SMILES string of the molecule is CN(CCCCc1ccccc1)C1CCc2c(N)cccc2C1. The number of hydrogen-bond acceptors (Lipinski definition) is 2. The molecule has 122 valence electrons. The van der Waals surface area contributed by atoms with Gasteiger partial charge in [0.1, 0.15) is 0 Å². The molecule has 0 heterocycles. The summed E-state index contributed by atoms with van der Waals surface area (Å²) < 4.78 is 0. The summed E-state index contributed by atoms with van der Waals surface area (Å²) in [7, 11) is 2.28. The van der Waals surface area contributed by atoms with Crippen LogP contribution in [0.5, 0.6) is 0 Å². The van der Waals surface area contributed by atoms with Crippen LogP contribution in [0.4, 0.5) is 5.69 Å². The number of rotatable bonds is 6. The Balaban J connectivity index is 1.45. The number of anilines is 1. The van der Waals surface area contributed by atoms with Gasteiger partial charge in [0.25, 0.3) is 0 Å². The first-order valence-corrected chi connectivity index (χ1v) is 8.84. The first-order valence-electron chi connectivity index (χ1n) is 8.84. The zero-order valence-corrected chi connectivity index (χ0v) is 14.2. The normalized spacial score (nSPS) is 17.2. The van der Waals surface area contributed by atoms with Crippen LogP contribution in [0.1, 0.15) is 36.0 Å². The van der Waals surface area contributed by atoms with E-state index in [4.69, 9.17) is 5.73 Å². The Morgan fingerprint density at radius 2 is 1.87 bits per heavy atom. The van der Waals surface area contributed by atoms with E-state index in [2.05, 4.69) is 54.4 Å². The molecule has 0 saturated heterocycles. The first-order chi connectivity index (χ1) is 11.2. The van der Waals surface area contributed by atoms with Gasteiger partial charge in [0.05, 0.1) is 0 Å². The zero-order valence-electron chi connectivity index (χ0n) is 14.2. The second-order valence-corrected chi connectivity index (χ2v) is 6.80. The van der Waals surface area contributed by atoms with Gasteiger partial charge in [-0.3, -0.25) is 0 Å². The molecule has 2 aromatic carbocycles. The summed E-state index contributed by atoms with van der Waals surface area (Å²) in [6.07, 6.45) is 7.24. The molecule has 0 saturated carbocycles. The molecule has 1 aliphatic carbocycles. The van der Waals surface area contributed by atoms with Gasteiger partial charge in [-0.1, -0.05) is 42.5 Å². The van der Waals surface area contributed by atoms with Gasteiger partial charge in [0, 0.05) is 11.7 Å². The number of hydrogen-bond donors (Lipinski definition) is 1. The highest BCUT2D eigenvalue weighted by Gasteiger charge is 2.22. The minimum atomic E-state index is 0.668. The first kappa shape index (κ1) is 16.1. The molecule has 0 spiro atoms. The molecule has 0 fully saturated rings. The van der Waals surface area contributed by atoms with Gasteiger partial charge in [-0.25, -0.2) is 0 Å². The summed E-state index contributed by atoms with van der Waals surface area (Å²) in [5.74, 6) is 0. The van der Waals surface area contributed by atoms with Crippen molar-refractivity contribution >= 4 is 5.69 Å². The standard InChI is InChI=1S/C21H28N2/c1-23(15-6-5-10-17-8-3-2-4-9-17)19-13-14-20-18(16-19)11-7-12-21(20)22/h2-4,7-9,11-12,19H,5-6,10,13-16,22H2,1H3. The number of nitrogen functional groups attached to an aromatic ring is 1. The number of nitrogens with two attached hydrogens (primary N) is 1. The van der Waals surface area contributed by atoms with Crippen molar-refractivity contribution in [3.63, 3.8) is 0 Å². The Morgan fingerprint density at radius 1 is 1.04 bits per heavy atom. The summed E-state index contributed by atoms with van der Waals surface area (Å²) in [5, 5.41) is 0. The van der Waals surface area contributed by atoms with Crippen LogP contribution in [0.3, 0.4) is 0 Å². The van der Waals surface area contributed by atoms with E-state index in [1.54, 1.807) is 0 Å². The number of fused-ring (bicyclic) bond motifs is 1. The highest BCUT2D eigenvalue weighted by atomic mass is 15.1. The Bertz CT molecular complexity index is 621. The molecule has 23 heavy (non-hydrogen) atoms. The van der Waals surface area contributed by atoms with E-state index in [9.17, 15) is 0 Å². The van der Waals surface area contributed by atoms with Crippen LogP contribution in [-0.2, 0) is 19.3 Å². The highest BCUT2D eigenvalue weighted by Crippen LogP contribution is 2.28. The van der Waals surface area contributed by atoms with E-state index in [0.29, 0.717) is 6.04 Å². The minimum Gasteiger partial charge on any atom is -0.398 e. The molecule has 0 aromatic heterocycles. The Labute approximate surface area is 140 Å². The number of benzene rings is 2. The van der Waals surface area contributed by atoms with Crippen LogP contribution >= 0.6 is 0 Å². The van der Waals surface area contributed by atoms with Gasteiger partial charge < -0.3 is 10.6 Å². The smallest absolute Gasteiger partial charge is 0.0349 e. The van der Waals surface area contributed by atoms with Gasteiger partial charge in [-0.2, -0.15) is 0 Å². The van der Waals surface area contributed by atoms with E-state index in [1.165, 1.54) is 48.9 Å². The van der Waals surface area contributed by atoms with Gasteiger partial charge in [0.2, 0.25) is 0 Å². The van der Waals surface area contributed by atoms with Gasteiger partial charge in [-0.15, -0.1) is 0 Å². The highest BCUT2D eigenvalue weighted by molar-refractivity contribution is 5.52. The monoisotopic (exact) mass is 308 g/mol. The summed E-state index contributed by atoms with van der Waals surface area (Å²) >= 11 is 0.